The molecule has 0 spiro atoms. The SMILES string of the molecule is COc1ccc(C(NCCCCCCCCCCC(=O)NC(C)c2cc(OC)c(OCCCCOP(OCCC#N)N(C(C)C)C(C)C)cc2[N+](=O)[O-])(c2ccccc2)c2ccccc2)cc1. The highest BCUT2D eigenvalue weighted by Crippen LogP contribution is 2.46. The van der Waals surface area contributed by atoms with E-state index in [9.17, 15) is 14.9 Å². The van der Waals surface area contributed by atoms with E-state index in [2.05, 4.69) is 122 Å². The van der Waals surface area contributed by atoms with Crippen LogP contribution >= 0.6 is 8.53 Å². The van der Waals surface area contributed by atoms with Crippen molar-refractivity contribution in [2.45, 2.75) is 135 Å². The summed E-state index contributed by atoms with van der Waals surface area (Å²) in [6.07, 6.45) is 10.3. The lowest BCUT2D eigenvalue weighted by Gasteiger charge is -2.37. The number of methoxy groups -OCH3 is 2. The molecule has 2 N–H and O–H groups in total. The number of rotatable bonds is 33. The van der Waals surface area contributed by atoms with E-state index in [0.29, 0.717) is 56.8 Å². The maximum atomic E-state index is 13.0. The second-order valence-corrected chi connectivity index (χ2v) is 18.7. The Morgan fingerprint density at radius 3 is 1.82 bits per heavy atom. The predicted molar refractivity (Wildman–Crippen MR) is 267 cm³/mol. The van der Waals surface area contributed by atoms with Crippen LogP contribution in [0.25, 0.3) is 0 Å². The molecule has 1 amide bonds. The molecular weight excluding hydrogens is 866 g/mol. The summed E-state index contributed by atoms with van der Waals surface area (Å²) in [6.45, 7) is 12.0. The molecule has 67 heavy (non-hydrogen) atoms. The summed E-state index contributed by atoms with van der Waals surface area (Å²) in [4.78, 5) is 24.8. The van der Waals surface area contributed by atoms with E-state index in [1.165, 1.54) is 24.3 Å². The number of unbranched alkanes of at least 4 members (excludes halogenated alkanes) is 8. The number of nitrogens with zero attached hydrogens (tertiary/aromatic N) is 3. The number of nitro benzene ring substituents is 1. The summed E-state index contributed by atoms with van der Waals surface area (Å²) in [5.74, 6) is 1.30. The molecule has 13 nitrogen and oxygen atoms in total. The Hall–Kier alpha value is -5.09. The van der Waals surface area contributed by atoms with Crippen molar-refractivity contribution >= 4 is 20.1 Å². The molecule has 0 heterocycles. The second kappa shape index (κ2) is 29.6. The Labute approximate surface area is 401 Å². The number of carbonyl (C=O) groups excluding carboxylic acids is 1. The molecule has 0 radical (unpaired) electrons. The average Bonchev–Trinajstić information content (AvgIpc) is 3.33. The molecule has 0 aromatic heterocycles. The van der Waals surface area contributed by atoms with Gasteiger partial charge in [-0.1, -0.05) is 111 Å². The first-order chi connectivity index (χ1) is 32.5. The van der Waals surface area contributed by atoms with Gasteiger partial charge in [0.15, 0.2) is 11.5 Å². The summed E-state index contributed by atoms with van der Waals surface area (Å²) in [5.41, 5.74) is 3.23. The number of hydrogen-bond acceptors (Lipinski definition) is 11. The molecule has 0 fully saturated rings. The molecule has 0 aliphatic heterocycles. The van der Waals surface area contributed by atoms with Gasteiger partial charge in [0.25, 0.3) is 14.2 Å². The van der Waals surface area contributed by atoms with Crippen LogP contribution in [0.4, 0.5) is 5.69 Å². The average molecular weight is 940 g/mol. The van der Waals surface area contributed by atoms with Gasteiger partial charge in [0.05, 0.1) is 74.7 Å². The fraction of sp³-hybridized carbons (Fsp3) is 0.509. The van der Waals surface area contributed by atoms with E-state index in [4.69, 9.17) is 28.5 Å². The van der Waals surface area contributed by atoms with Crippen molar-refractivity contribution in [3.63, 3.8) is 0 Å². The summed E-state index contributed by atoms with van der Waals surface area (Å²) < 4.78 is 31.3. The van der Waals surface area contributed by atoms with Crippen molar-refractivity contribution < 1.29 is 33.0 Å². The van der Waals surface area contributed by atoms with E-state index in [1.54, 1.807) is 20.1 Å². The Balaban J connectivity index is 1.18. The Bertz CT molecular complexity index is 2040. The Kier molecular flexibility index (Phi) is 24.1. The number of benzene rings is 4. The molecule has 364 valence electrons. The third-order valence-electron chi connectivity index (χ3n) is 11.7. The van der Waals surface area contributed by atoms with Crippen LogP contribution in [0.5, 0.6) is 17.2 Å². The number of carbonyl (C=O) groups is 1. The zero-order valence-corrected chi connectivity index (χ0v) is 41.7. The molecule has 0 saturated heterocycles. The van der Waals surface area contributed by atoms with E-state index in [1.807, 2.05) is 12.1 Å². The first-order valence-corrected chi connectivity index (χ1v) is 25.1. The molecule has 0 aliphatic carbocycles. The van der Waals surface area contributed by atoms with Crippen LogP contribution in [0.1, 0.15) is 140 Å². The van der Waals surface area contributed by atoms with Crippen molar-refractivity contribution in [3.05, 3.63) is 129 Å². The monoisotopic (exact) mass is 940 g/mol. The van der Waals surface area contributed by atoms with Crippen LogP contribution in [0.15, 0.2) is 97.1 Å². The van der Waals surface area contributed by atoms with Gasteiger partial charge in [0.1, 0.15) is 5.75 Å². The summed E-state index contributed by atoms with van der Waals surface area (Å²) in [7, 11) is 1.85. The molecule has 0 bridgehead atoms. The molecule has 2 atom stereocenters. The number of ether oxygens (including phenoxy) is 3. The molecule has 2 unspecified atom stereocenters. The lowest BCUT2D eigenvalue weighted by molar-refractivity contribution is -0.385. The fourth-order valence-electron chi connectivity index (χ4n) is 8.35. The van der Waals surface area contributed by atoms with Crippen molar-refractivity contribution in [2.24, 2.45) is 0 Å². The number of nitrogens with one attached hydrogen (secondary N) is 2. The van der Waals surface area contributed by atoms with E-state index in [0.717, 1.165) is 69.2 Å². The predicted octanol–water partition coefficient (Wildman–Crippen LogP) is 12.3. The highest BCUT2D eigenvalue weighted by atomic mass is 31.2. The van der Waals surface area contributed by atoms with Crippen LogP contribution in [-0.4, -0.2) is 68.2 Å². The molecule has 14 heteroatoms. The molecule has 4 rings (SSSR count). The van der Waals surface area contributed by atoms with Gasteiger partial charge < -0.3 is 28.6 Å². The Morgan fingerprint density at radius 2 is 1.27 bits per heavy atom. The van der Waals surface area contributed by atoms with Gasteiger partial charge in [-0.2, -0.15) is 5.26 Å². The van der Waals surface area contributed by atoms with E-state index < -0.39 is 25.0 Å². The van der Waals surface area contributed by atoms with Gasteiger partial charge in [-0.15, -0.1) is 0 Å². The van der Waals surface area contributed by atoms with Crippen molar-refractivity contribution in [1.29, 1.82) is 5.26 Å². The van der Waals surface area contributed by atoms with Crippen LogP contribution in [0, 0.1) is 21.4 Å². The number of hydrogen-bond donors (Lipinski definition) is 2. The lowest BCUT2D eigenvalue weighted by Crippen LogP contribution is -2.45. The van der Waals surface area contributed by atoms with E-state index >= 15 is 0 Å². The highest BCUT2D eigenvalue weighted by molar-refractivity contribution is 7.44. The lowest BCUT2D eigenvalue weighted by atomic mass is 9.77. The van der Waals surface area contributed by atoms with Gasteiger partial charge in [0.2, 0.25) is 5.91 Å². The summed E-state index contributed by atoms with van der Waals surface area (Å²) in [6, 6.07) is 34.5. The van der Waals surface area contributed by atoms with Gasteiger partial charge >= 0.3 is 0 Å². The first kappa shape index (κ1) is 54.5. The van der Waals surface area contributed by atoms with Crippen molar-refractivity contribution in [1.82, 2.24) is 15.3 Å². The van der Waals surface area contributed by atoms with Crippen molar-refractivity contribution in [3.8, 4) is 23.3 Å². The van der Waals surface area contributed by atoms with E-state index in [-0.39, 0.29) is 29.4 Å². The fourth-order valence-corrected chi connectivity index (χ4v) is 9.97. The first-order valence-electron chi connectivity index (χ1n) is 24.0. The van der Waals surface area contributed by atoms with Crippen LogP contribution < -0.4 is 24.8 Å². The maximum absolute atomic E-state index is 13.0. The molecular formula is C53H74N5O8P. The zero-order chi connectivity index (χ0) is 48.4. The topological polar surface area (TPSA) is 157 Å². The standard InChI is InChI=1S/C53H74N5O8P/c1-41(2)57(42(3)4)67(66-38-24-34-54)65-37-23-22-36-64-51-40-49(58(60)61)48(39-50(51)63-7)43(5)56-52(59)29-20-12-10-8-9-11-13-21-35-55-53(44-25-16-14-17-26-44,45-27-18-15-19-28-45)46-30-32-47(62-6)33-31-46/h14-19,25-28,30-33,39-43,55H,8-13,20-24,29,35-38H2,1-7H3,(H,56,59). The van der Waals surface area contributed by atoms with Gasteiger partial charge in [0, 0.05) is 18.5 Å². The highest BCUT2D eigenvalue weighted by Gasteiger charge is 2.36. The zero-order valence-electron chi connectivity index (χ0n) is 40.8. The Morgan fingerprint density at radius 1 is 0.716 bits per heavy atom. The maximum Gasteiger partial charge on any atom is 0.278 e. The van der Waals surface area contributed by atoms with Gasteiger partial charge in [-0.3, -0.25) is 20.2 Å². The van der Waals surface area contributed by atoms with Crippen LogP contribution in [0.3, 0.4) is 0 Å². The summed E-state index contributed by atoms with van der Waals surface area (Å²) >= 11 is 0. The smallest absolute Gasteiger partial charge is 0.278 e. The second-order valence-electron chi connectivity index (χ2n) is 17.3. The molecule has 4 aromatic rings. The van der Waals surface area contributed by atoms with Gasteiger partial charge in [-0.25, -0.2) is 4.67 Å². The number of nitriles is 1. The summed E-state index contributed by atoms with van der Waals surface area (Å²) in [5, 5.41) is 28.1. The molecule has 0 saturated carbocycles. The minimum absolute atomic E-state index is 0.142. The van der Waals surface area contributed by atoms with Crippen molar-refractivity contribution in [2.75, 3.05) is 40.6 Å². The minimum Gasteiger partial charge on any atom is -0.497 e. The molecule has 4 aromatic carbocycles. The van der Waals surface area contributed by atoms with Gasteiger partial charge in [-0.05, 0) is 102 Å². The number of amides is 1. The van der Waals surface area contributed by atoms with Crippen LogP contribution in [-0.2, 0) is 19.4 Å². The third kappa shape index (κ3) is 16.9. The normalized spacial score (nSPS) is 12.5. The molecule has 0 aliphatic rings. The largest absolute Gasteiger partial charge is 0.497 e. The third-order valence-corrected chi connectivity index (χ3v) is 13.8. The minimum atomic E-state index is -1.33. The quantitative estimate of drug-likeness (QED) is 0.0154. The van der Waals surface area contributed by atoms with Crippen LogP contribution in [0.2, 0.25) is 0 Å². The number of nitro groups is 1.